The highest BCUT2D eigenvalue weighted by Crippen LogP contribution is 2.02. The first-order chi connectivity index (χ1) is 10.6. The molecule has 0 aromatic heterocycles. The average molecular weight is 325 g/mol. The van der Waals surface area contributed by atoms with Crippen molar-refractivity contribution < 1.29 is 8.42 Å². The third kappa shape index (κ3) is 8.02. The molecule has 0 bridgehead atoms. The van der Waals surface area contributed by atoms with Crippen LogP contribution in [0.1, 0.15) is 25.8 Å². The van der Waals surface area contributed by atoms with Crippen molar-refractivity contribution in [1.82, 2.24) is 10.6 Å². The Morgan fingerprint density at radius 3 is 2.50 bits per heavy atom. The van der Waals surface area contributed by atoms with Crippen molar-refractivity contribution in [2.75, 3.05) is 31.1 Å². The molecular weight excluding hydrogens is 298 g/mol. The largest absolute Gasteiger partial charge is 0.357 e. The van der Waals surface area contributed by atoms with E-state index in [0.29, 0.717) is 19.0 Å². The normalized spacial score (nSPS) is 12.2. The van der Waals surface area contributed by atoms with Crippen LogP contribution in [0, 0.1) is 0 Å². The lowest BCUT2D eigenvalue weighted by Gasteiger charge is -2.11. The molecule has 0 atom stereocenters. The summed E-state index contributed by atoms with van der Waals surface area (Å²) in [4.78, 5) is 4.47. The van der Waals surface area contributed by atoms with Crippen molar-refractivity contribution in [3.63, 3.8) is 0 Å². The van der Waals surface area contributed by atoms with E-state index in [9.17, 15) is 8.42 Å². The molecule has 124 valence electrons. The Morgan fingerprint density at radius 2 is 1.86 bits per heavy atom. The van der Waals surface area contributed by atoms with Gasteiger partial charge in [-0.3, -0.25) is 4.99 Å². The summed E-state index contributed by atoms with van der Waals surface area (Å²) >= 11 is 0. The predicted octanol–water partition coefficient (Wildman–Crippen LogP) is 1.61. The predicted molar refractivity (Wildman–Crippen MR) is 93.1 cm³/mol. The molecule has 1 aromatic carbocycles. The van der Waals surface area contributed by atoms with Crippen LogP contribution in [0.2, 0.25) is 0 Å². The number of hydrogen-bond donors (Lipinski definition) is 2. The van der Waals surface area contributed by atoms with Gasteiger partial charge in [0.2, 0.25) is 0 Å². The number of nitrogens with one attached hydrogen (secondary N) is 2. The summed E-state index contributed by atoms with van der Waals surface area (Å²) in [6, 6.07) is 10.3. The fraction of sp³-hybridized carbons (Fsp3) is 0.562. The molecule has 0 fully saturated rings. The lowest BCUT2D eigenvalue weighted by molar-refractivity contribution is 0.595. The number of guanidine groups is 1. The Morgan fingerprint density at radius 1 is 1.14 bits per heavy atom. The topological polar surface area (TPSA) is 70.6 Å². The van der Waals surface area contributed by atoms with Gasteiger partial charge in [-0.05, 0) is 25.3 Å². The van der Waals surface area contributed by atoms with E-state index >= 15 is 0 Å². The third-order valence-corrected chi connectivity index (χ3v) is 4.93. The molecule has 0 amide bonds. The van der Waals surface area contributed by atoms with E-state index in [1.54, 1.807) is 6.92 Å². The van der Waals surface area contributed by atoms with Crippen molar-refractivity contribution in [2.24, 2.45) is 4.99 Å². The van der Waals surface area contributed by atoms with Gasteiger partial charge >= 0.3 is 0 Å². The molecule has 0 unspecified atom stereocenters. The van der Waals surface area contributed by atoms with E-state index in [4.69, 9.17) is 0 Å². The minimum absolute atomic E-state index is 0.137. The number of rotatable bonds is 9. The van der Waals surface area contributed by atoms with Crippen molar-refractivity contribution in [3.8, 4) is 0 Å². The van der Waals surface area contributed by atoms with E-state index in [1.165, 1.54) is 5.56 Å². The van der Waals surface area contributed by atoms with Gasteiger partial charge in [-0.1, -0.05) is 37.3 Å². The zero-order valence-electron chi connectivity index (χ0n) is 13.5. The van der Waals surface area contributed by atoms with Gasteiger partial charge in [0.25, 0.3) is 0 Å². The third-order valence-electron chi connectivity index (χ3n) is 3.23. The van der Waals surface area contributed by atoms with Crippen LogP contribution < -0.4 is 10.6 Å². The summed E-state index contributed by atoms with van der Waals surface area (Å²) in [7, 11) is -2.94. The highest BCUT2D eigenvalue weighted by atomic mass is 32.2. The van der Waals surface area contributed by atoms with Crippen LogP contribution in [-0.2, 0) is 16.3 Å². The quantitative estimate of drug-likeness (QED) is 0.411. The van der Waals surface area contributed by atoms with E-state index in [2.05, 4.69) is 27.8 Å². The van der Waals surface area contributed by atoms with E-state index in [0.717, 1.165) is 19.4 Å². The Labute approximate surface area is 134 Å². The van der Waals surface area contributed by atoms with Crippen LogP contribution in [0.3, 0.4) is 0 Å². The van der Waals surface area contributed by atoms with E-state index in [1.807, 2.05) is 25.1 Å². The second-order valence-corrected chi connectivity index (χ2v) is 7.49. The number of benzene rings is 1. The van der Waals surface area contributed by atoms with Crippen molar-refractivity contribution in [1.29, 1.82) is 0 Å². The zero-order chi connectivity index (χ0) is 16.3. The SMILES string of the molecule is CCNC(=NCCCc1ccccc1)NCCS(=O)(=O)CC. The van der Waals surface area contributed by atoms with Gasteiger partial charge < -0.3 is 10.6 Å². The Bertz CT molecular complexity index is 542. The summed E-state index contributed by atoms with van der Waals surface area (Å²) in [5.74, 6) is 0.999. The van der Waals surface area contributed by atoms with Crippen LogP contribution in [0.25, 0.3) is 0 Å². The second kappa shape index (κ2) is 10.2. The van der Waals surface area contributed by atoms with Gasteiger partial charge in [-0.15, -0.1) is 0 Å². The van der Waals surface area contributed by atoms with Crippen LogP contribution in [0.15, 0.2) is 35.3 Å². The highest BCUT2D eigenvalue weighted by Gasteiger charge is 2.07. The molecule has 0 heterocycles. The minimum atomic E-state index is -2.94. The maximum atomic E-state index is 11.5. The number of aryl methyl sites for hydroxylation is 1. The monoisotopic (exact) mass is 325 g/mol. The fourth-order valence-electron chi connectivity index (χ4n) is 1.93. The summed E-state index contributed by atoms with van der Waals surface area (Å²) in [5.41, 5.74) is 1.31. The van der Waals surface area contributed by atoms with Gasteiger partial charge in [0.1, 0.15) is 0 Å². The lowest BCUT2D eigenvalue weighted by Crippen LogP contribution is -2.39. The standard InChI is InChI=1S/C16H27N3O2S/c1-3-17-16(19-13-14-22(20,21)4-2)18-12-8-11-15-9-6-5-7-10-15/h5-7,9-10H,3-4,8,11-14H2,1-2H3,(H2,17,18,19). The maximum Gasteiger partial charge on any atom is 0.191 e. The van der Waals surface area contributed by atoms with Crippen molar-refractivity contribution in [2.45, 2.75) is 26.7 Å². The number of hydrogen-bond acceptors (Lipinski definition) is 3. The maximum absolute atomic E-state index is 11.5. The molecule has 1 aromatic rings. The summed E-state index contributed by atoms with van der Waals surface area (Å²) < 4.78 is 22.9. The Hall–Kier alpha value is -1.56. The molecule has 0 saturated carbocycles. The molecule has 0 aliphatic heterocycles. The molecule has 2 N–H and O–H groups in total. The summed E-state index contributed by atoms with van der Waals surface area (Å²) in [6.45, 7) is 5.51. The molecular formula is C16H27N3O2S. The Kier molecular flexibility index (Phi) is 8.58. The first-order valence-electron chi connectivity index (χ1n) is 7.84. The van der Waals surface area contributed by atoms with Gasteiger partial charge in [0, 0.05) is 25.4 Å². The fourth-order valence-corrected chi connectivity index (χ4v) is 2.63. The lowest BCUT2D eigenvalue weighted by atomic mass is 10.1. The average Bonchev–Trinajstić information content (AvgIpc) is 2.52. The van der Waals surface area contributed by atoms with Crippen LogP contribution >= 0.6 is 0 Å². The van der Waals surface area contributed by atoms with Crippen LogP contribution in [0.4, 0.5) is 0 Å². The number of sulfone groups is 1. The molecule has 6 heteroatoms. The van der Waals surface area contributed by atoms with Gasteiger partial charge in [-0.2, -0.15) is 0 Å². The highest BCUT2D eigenvalue weighted by molar-refractivity contribution is 7.91. The van der Waals surface area contributed by atoms with Crippen LogP contribution in [-0.4, -0.2) is 45.5 Å². The minimum Gasteiger partial charge on any atom is -0.357 e. The molecule has 0 spiro atoms. The van der Waals surface area contributed by atoms with Crippen molar-refractivity contribution >= 4 is 15.8 Å². The number of nitrogens with zero attached hydrogens (tertiary/aromatic N) is 1. The number of aliphatic imine (C=N–C) groups is 1. The molecule has 22 heavy (non-hydrogen) atoms. The molecule has 0 radical (unpaired) electrons. The summed E-state index contributed by atoms with van der Waals surface area (Å²) in [5, 5.41) is 6.20. The van der Waals surface area contributed by atoms with Crippen molar-refractivity contribution in [3.05, 3.63) is 35.9 Å². The second-order valence-electron chi connectivity index (χ2n) is 5.01. The molecule has 0 saturated heterocycles. The Balaban J connectivity index is 2.35. The molecule has 0 aliphatic rings. The molecule has 5 nitrogen and oxygen atoms in total. The first kappa shape index (κ1) is 18.5. The van der Waals surface area contributed by atoms with Gasteiger partial charge in [-0.25, -0.2) is 8.42 Å². The van der Waals surface area contributed by atoms with E-state index in [-0.39, 0.29) is 11.5 Å². The first-order valence-corrected chi connectivity index (χ1v) is 9.66. The molecule has 1 rings (SSSR count). The molecule has 0 aliphatic carbocycles. The smallest absolute Gasteiger partial charge is 0.191 e. The van der Waals surface area contributed by atoms with Crippen LogP contribution in [0.5, 0.6) is 0 Å². The van der Waals surface area contributed by atoms with Gasteiger partial charge in [0.15, 0.2) is 15.8 Å². The van der Waals surface area contributed by atoms with E-state index < -0.39 is 9.84 Å². The zero-order valence-corrected chi connectivity index (χ0v) is 14.3. The van der Waals surface area contributed by atoms with Gasteiger partial charge in [0.05, 0.1) is 5.75 Å². The summed E-state index contributed by atoms with van der Waals surface area (Å²) in [6.07, 6.45) is 1.96.